The van der Waals surface area contributed by atoms with Gasteiger partial charge >= 0.3 is 0 Å². The Morgan fingerprint density at radius 1 is 1.45 bits per heavy atom. The fourth-order valence-electron chi connectivity index (χ4n) is 2.34. The number of ether oxygens (including phenoxy) is 1. The van der Waals surface area contributed by atoms with Crippen molar-refractivity contribution in [3.63, 3.8) is 0 Å². The maximum absolute atomic E-state index is 12.1. The minimum Gasteiger partial charge on any atom is -0.493 e. The number of aliphatic hydroxyl groups is 1. The van der Waals surface area contributed by atoms with Crippen LogP contribution in [0.4, 0.5) is 0 Å². The van der Waals surface area contributed by atoms with Gasteiger partial charge in [-0.2, -0.15) is 0 Å². The summed E-state index contributed by atoms with van der Waals surface area (Å²) in [7, 11) is 0. The second-order valence-corrected chi connectivity index (χ2v) is 6.41. The molecular weight excluding hydrogens is 280 g/mol. The van der Waals surface area contributed by atoms with Gasteiger partial charge in [0.2, 0.25) is 0 Å². The van der Waals surface area contributed by atoms with Crippen molar-refractivity contribution in [3.8, 4) is 5.75 Å². The zero-order valence-corrected chi connectivity index (χ0v) is 13.0. The molecule has 0 spiro atoms. The van der Waals surface area contributed by atoms with Gasteiger partial charge in [-0.1, -0.05) is 6.92 Å². The van der Waals surface area contributed by atoms with Crippen LogP contribution in [-0.4, -0.2) is 35.3 Å². The van der Waals surface area contributed by atoms with Gasteiger partial charge in [0.15, 0.2) is 0 Å². The van der Waals surface area contributed by atoms with Gasteiger partial charge in [0.1, 0.15) is 11.4 Å². The molecule has 5 heteroatoms. The minimum absolute atomic E-state index is 0.250. The first-order valence-electron chi connectivity index (χ1n) is 8.26. The molecule has 0 aliphatic heterocycles. The molecule has 22 heavy (non-hydrogen) atoms. The Hall–Kier alpha value is -1.62. The Balaban J connectivity index is 1.67. The first kappa shape index (κ1) is 15.3. The molecule has 2 aliphatic carbocycles. The fraction of sp³-hybridized carbons (Fsp3) is 0.647. The van der Waals surface area contributed by atoms with E-state index in [1.54, 1.807) is 12.3 Å². The van der Waals surface area contributed by atoms with Crippen LogP contribution >= 0.6 is 0 Å². The Kier molecular flexibility index (Phi) is 4.62. The standard InChI is InChI=1S/C17H24N2O3/c1-2-13(20)8-19-17(21)15-7-16(22-10-11-3-4-11)14(9-18-15)12-5-6-12/h7,9,11-13,20H,2-6,8,10H2,1H3,(H,19,21). The zero-order chi connectivity index (χ0) is 15.5. The maximum atomic E-state index is 12.1. The molecule has 120 valence electrons. The number of rotatable bonds is 8. The Bertz CT molecular complexity index is 539. The number of hydrogen-bond donors (Lipinski definition) is 2. The molecule has 1 amide bonds. The lowest BCUT2D eigenvalue weighted by Gasteiger charge is -2.13. The summed E-state index contributed by atoms with van der Waals surface area (Å²) < 4.78 is 5.93. The van der Waals surface area contributed by atoms with Crippen LogP contribution in [0.3, 0.4) is 0 Å². The third-order valence-electron chi connectivity index (χ3n) is 4.29. The number of carbonyl (C=O) groups excluding carboxylic acids is 1. The van der Waals surface area contributed by atoms with Crippen LogP contribution in [0.25, 0.3) is 0 Å². The van der Waals surface area contributed by atoms with Gasteiger partial charge in [-0.05, 0) is 43.9 Å². The highest BCUT2D eigenvalue weighted by Gasteiger charge is 2.29. The number of nitrogens with one attached hydrogen (secondary N) is 1. The molecule has 0 saturated heterocycles. The van der Waals surface area contributed by atoms with Crippen molar-refractivity contribution in [1.29, 1.82) is 0 Å². The molecule has 1 heterocycles. The van der Waals surface area contributed by atoms with E-state index in [9.17, 15) is 9.90 Å². The number of pyridine rings is 1. The van der Waals surface area contributed by atoms with E-state index in [0.717, 1.165) is 17.9 Å². The Morgan fingerprint density at radius 2 is 2.23 bits per heavy atom. The third-order valence-corrected chi connectivity index (χ3v) is 4.29. The number of carbonyl (C=O) groups is 1. The van der Waals surface area contributed by atoms with E-state index in [0.29, 0.717) is 24.0 Å². The van der Waals surface area contributed by atoms with Crippen LogP contribution in [0.15, 0.2) is 12.3 Å². The summed E-state index contributed by atoms with van der Waals surface area (Å²) in [6.07, 6.45) is 6.72. The van der Waals surface area contributed by atoms with Crippen LogP contribution < -0.4 is 10.1 Å². The molecule has 1 aromatic rings. The van der Waals surface area contributed by atoms with Crippen LogP contribution in [0.1, 0.15) is 61.0 Å². The van der Waals surface area contributed by atoms with E-state index in [2.05, 4.69) is 10.3 Å². The highest BCUT2D eigenvalue weighted by molar-refractivity contribution is 5.92. The summed E-state index contributed by atoms with van der Waals surface area (Å²) in [4.78, 5) is 16.4. The first-order chi connectivity index (χ1) is 10.7. The van der Waals surface area contributed by atoms with Gasteiger partial charge in [-0.15, -0.1) is 0 Å². The van der Waals surface area contributed by atoms with Crippen molar-refractivity contribution >= 4 is 5.91 Å². The van der Waals surface area contributed by atoms with E-state index in [1.165, 1.54) is 25.7 Å². The monoisotopic (exact) mass is 304 g/mol. The molecule has 2 aliphatic rings. The first-order valence-corrected chi connectivity index (χ1v) is 8.26. The van der Waals surface area contributed by atoms with Crippen molar-refractivity contribution in [1.82, 2.24) is 10.3 Å². The van der Waals surface area contributed by atoms with E-state index >= 15 is 0 Å². The van der Waals surface area contributed by atoms with Crippen LogP contribution in [0.2, 0.25) is 0 Å². The van der Waals surface area contributed by atoms with Gasteiger partial charge in [0.05, 0.1) is 12.7 Å². The number of amides is 1. The summed E-state index contributed by atoms with van der Waals surface area (Å²) >= 11 is 0. The highest BCUT2D eigenvalue weighted by atomic mass is 16.5. The smallest absolute Gasteiger partial charge is 0.270 e. The van der Waals surface area contributed by atoms with Crippen molar-refractivity contribution in [2.24, 2.45) is 5.92 Å². The van der Waals surface area contributed by atoms with Crippen molar-refractivity contribution in [2.75, 3.05) is 13.2 Å². The topological polar surface area (TPSA) is 71.5 Å². The molecule has 2 fully saturated rings. The minimum atomic E-state index is -0.514. The van der Waals surface area contributed by atoms with Gasteiger partial charge in [-0.25, -0.2) is 0 Å². The van der Waals surface area contributed by atoms with Crippen LogP contribution in [0.5, 0.6) is 5.75 Å². The zero-order valence-electron chi connectivity index (χ0n) is 13.0. The quantitative estimate of drug-likeness (QED) is 0.772. The fourth-order valence-corrected chi connectivity index (χ4v) is 2.34. The van der Waals surface area contributed by atoms with Crippen LogP contribution in [0, 0.1) is 5.92 Å². The summed E-state index contributed by atoms with van der Waals surface area (Å²) in [5.41, 5.74) is 1.49. The summed E-state index contributed by atoms with van der Waals surface area (Å²) in [6.45, 7) is 2.86. The molecule has 0 radical (unpaired) electrons. The highest BCUT2D eigenvalue weighted by Crippen LogP contribution is 2.44. The normalized spacial score (nSPS) is 18.8. The summed E-state index contributed by atoms with van der Waals surface area (Å²) in [5.74, 6) is 1.77. The largest absolute Gasteiger partial charge is 0.493 e. The Morgan fingerprint density at radius 3 is 2.86 bits per heavy atom. The van der Waals surface area contributed by atoms with E-state index in [1.807, 2.05) is 6.92 Å². The maximum Gasteiger partial charge on any atom is 0.270 e. The van der Waals surface area contributed by atoms with E-state index < -0.39 is 6.10 Å². The molecule has 1 aromatic heterocycles. The average Bonchev–Trinajstić information content (AvgIpc) is 3.42. The summed E-state index contributed by atoms with van der Waals surface area (Å²) in [6, 6.07) is 1.75. The summed E-state index contributed by atoms with van der Waals surface area (Å²) in [5, 5.41) is 12.2. The van der Waals surface area contributed by atoms with Crippen molar-refractivity contribution in [2.45, 2.75) is 51.0 Å². The molecule has 0 aromatic carbocycles. The predicted octanol–water partition coefficient (Wildman–Crippen LogP) is 2.25. The SMILES string of the molecule is CCC(O)CNC(=O)c1cc(OCC2CC2)c(C2CC2)cn1. The number of aromatic nitrogens is 1. The number of hydrogen-bond acceptors (Lipinski definition) is 4. The van der Waals surface area contributed by atoms with Gasteiger partial charge in [0, 0.05) is 24.4 Å². The second-order valence-electron chi connectivity index (χ2n) is 6.41. The Labute approximate surface area is 131 Å². The molecule has 1 unspecified atom stereocenters. The van der Waals surface area contributed by atoms with Gasteiger partial charge < -0.3 is 15.2 Å². The molecule has 1 atom stereocenters. The predicted molar refractivity (Wildman–Crippen MR) is 83.1 cm³/mol. The van der Waals surface area contributed by atoms with Crippen LogP contribution in [-0.2, 0) is 0 Å². The van der Waals surface area contributed by atoms with E-state index in [4.69, 9.17) is 4.74 Å². The number of aliphatic hydroxyl groups excluding tert-OH is 1. The van der Waals surface area contributed by atoms with Gasteiger partial charge in [-0.3, -0.25) is 9.78 Å². The van der Waals surface area contributed by atoms with E-state index in [-0.39, 0.29) is 12.5 Å². The second kappa shape index (κ2) is 6.65. The molecule has 2 N–H and O–H groups in total. The molecule has 0 bridgehead atoms. The molecule has 5 nitrogen and oxygen atoms in total. The lowest BCUT2D eigenvalue weighted by Crippen LogP contribution is -2.32. The average molecular weight is 304 g/mol. The molecule has 2 saturated carbocycles. The molecule has 3 rings (SSSR count). The third kappa shape index (κ3) is 3.97. The van der Waals surface area contributed by atoms with Gasteiger partial charge in [0.25, 0.3) is 5.91 Å². The lowest BCUT2D eigenvalue weighted by molar-refractivity contribution is 0.0908. The number of nitrogens with zero attached hydrogens (tertiary/aromatic N) is 1. The van der Waals surface area contributed by atoms with Crippen molar-refractivity contribution < 1.29 is 14.6 Å². The lowest BCUT2D eigenvalue weighted by atomic mass is 10.1. The van der Waals surface area contributed by atoms with Crippen molar-refractivity contribution in [3.05, 3.63) is 23.5 Å². The molecular formula is C17H24N2O3.